The molecule has 13 heavy (non-hydrogen) atoms. The van der Waals surface area contributed by atoms with E-state index in [0.717, 1.165) is 0 Å². The number of nitrogens with one attached hydrogen (secondary N) is 1. The van der Waals surface area contributed by atoms with Gasteiger partial charge >= 0.3 is 6.09 Å². The maximum Gasteiger partial charge on any atom is 0.408 e. The Labute approximate surface area is 77.8 Å². The maximum absolute atomic E-state index is 11.1. The molecule has 0 aliphatic carbocycles. The van der Waals surface area contributed by atoms with Crippen LogP contribution in [0.5, 0.6) is 0 Å². The van der Waals surface area contributed by atoms with Gasteiger partial charge in [0.2, 0.25) is 0 Å². The van der Waals surface area contributed by atoms with Crippen molar-refractivity contribution >= 4 is 12.3 Å². The summed E-state index contributed by atoms with van der Waals surface area (Å²) in [5.41, 5.74) is -0.514. The van der Waals surface area contributed by atoms with Crippen LogP contribution in [0.3, 0.4) is 0 Å². The summed E-state index contributed by atoms with van der Waals surface area (Å²) in [7, 11) is 0. The third-order valence-electron chi connectivity index (χ3n) is 1.03. The fourth-order valence-corrected chi connectivity index (χ4v) is 0.631. The molecule has 0 heterocycles. The van der Waals surface area contributed by atoms with Gasteiger partial charge in [-0.25, -0.2) is 4.79 Å². The van der Waals surface area contributed by atoms with Gasteiger partial charge in [-0.1, -0.05) is 5.16 Å². The lowest BCUT2D eigenvalue weighted by Gasteiger charge is -2.20. The van der Waals surface area contributed by atoms with Crippen molar-refractivity contribution < 1.29 is 14.7 Å². The molecule has 0 aromatic carbocycles. The van der Waals surface area contributed by atoms with E-state index in [1.165, 1.54) is 6.21 Å². The van der Waals surface area contributed by atoms with Crippen molar-refractivity contribution in [2.75, 3.05) is 0 Å². The Morgan fingerprint density at radius 1 is 1.62 bits per heavy atom. The summed E-state index contributed by atoms with van der Waals surface area (Å²) in [6, 6.07) is -0.347. The predicted octanol–water partition coefficient (Wildman–Crippen LogP) is 1.36. The molecule has 1 amide bonds. The van der Waals surface area contributed by atoms with E-state index in [-0.39, 0.29) is 6.04 Å². The molecule has 2 N–H and O–H groups in total. The monoisotopic (exact) mass is 188 g/mol. The van der Waals surface area contributed by atoms with E-state index in [1.54, 1.807) is 27.7 Å². The van der Waals surface area contributed by atoms with Gasteiger partial charge in [-0.3, -0.25) is 0 Å². The van der Waals surface area contributed by atoms with Gasteiger partial charge in [0.05, 0.1) is 12.3 Å². The van der Waals surface area contributed by atoms with E-state index < -0.39 is 11.7 Å². The summed E-state index contributed by atoms with van der Waals surface area (Å²) in [5, 5.41) is 13.4. The zero-order chi connectivity index (χ0) is 10.5. The van der Waals surface area contributed by atoms with Crippen molar-refractivity contribution in [3.63, 3.8) is 0 Å². The molecule has 0 saturated carbocycles. The summed E-state index contributed by atoms with van der Waals surface area (Å²) < 4.78 is 4.96. The fourth-order valence-electron chi connectivity index (χ4n) is 0.631. The first-order valence-electron chi connectivity index (χ1n) is 4.02. The van der Waals surface area contributed by atoms with Crippen LogP contribution in [-0.2, 0) is 4.74 Å². The zero-order valence-corrected chi connectivity index (χ0v) is 8.37. The number of hydrogen-bond donors (Lipinski definition) is 2. The molecule has 5 heteroatoms. The molecule has 1 atom stereocenters. The van der Waals surface area contributed by atoms with Gasteiger partial charge in [-0.2, -0.15) is 0 Å². The summed E-state index contributed by atoms with van der Waals surface area (Å²) in [6.07, 6.45) is 0.670. The van der Waals surface area contributed by atoms with Crippen molar-refractivity contribution in [2.24, 2.45) is 5.16 Å². The van der Waals surface area contributed by atoms with Gasteiger partial charge in [0.25, 0.3) is 0 Å². The van der Waals surface area contributed by atoms with Crippen molar-refractivity contribution in [3.05, 3.63) is 0 Å². The van der Waals surface area contributed by atoms with Gasteiger partial charge in [0, 0.05) is 0 Å². The highest BCUT2D eigenvalue weighted by Crippen LogP contribution is 2.06. The molecule has 0 bridgehead atoms. The molecule has 0 aliphatic rings. The number of carbonyl (C=O) groups excluding carboxylic acids is 1. The van der Waals surface area contributed by atoms with E-state index >= 15 is 0 Å². The van der Waals surface area contributed by atoms with E-state index in [4.69, 9.17) is 9.94 Å². The maximum atomic E-state index is 11.1. The average Bonchev–Trinajstić information content (AvgIpc) is 1.81. The summed E-state index contributed by atoms with van der Waals surface area (Å²) in [5.74, 6) is 0. The average molecular weight is 188 g/mol. The predicted molar refractivity (Wildman–Crippen MR) is 49.1 cm³/mol. The number of nitrogens with zero attached hydrogens (tertiary/aromatic N) is 1. The Morgan fingerprint density at radius 3 is 2.54 bits per heavy atom. The third kappa shape index (κ3) is 7.11. The van der Waals surface area contributed by atoms with Crippen molar-refractivity contribution in [1.29, 1.82) is 0 Å². The lowest BCUT2D eigenvalue weighted by atomic mass is 10.2. The highest BCUT2D eigenvalue weighted by Gasteiger charge is 2.16. The molecule has 0 rings (SSSR count). The minimum atomic E-state index is -0.528. The zero-order valence-electron chi connectivity index (χ0n) is 8.37. The fraction of sp³-hybridized carbons (Fsp3) is 0.750. The standard InChI is InChI=1S/C8H16N2O3/c1-6(5-9-12)10-7(11)13-8(2,3)4/h5-6,12H,1-4H3,(H,10,11)/b9-5-/t6-/m0/s1. The van der Waals surface area contributed by atoms with E-state index in [0.29, 0.717) is 0 Å². The lowest BCUT2D eigenvalue weighted by Crippen LogP contribution is -2.38. The highest BCUT2D eigenvalue weighted by atomic mass is 16.6. The van der Waals surface area contributed by atoms with Gasteiger partial charge in [-0.05, 0) is 27.7 Å². The molecule has 5 nitrogen and oxygen atoms in total. The number of rotatable bonds is 2. The largest absolute Gasteiger partial charge is 0.444 e. The van der Waals surface area contributed by atoms with Crippen LogP contribution < -0.4 is 5.32 Å². The molecule has 0 saturated heterocycles. The minimum Gasteiger partial charge on any atom is -0.444 e. The molecular weight excluding hydrogens is 172 g/mol. The quantitative estimate of drug-likeness (QED) is 0.390. The van der Waals surface area contributed by atoms with Crippen LogP contribution in [0, 0.1) is 0 Å². The van der Waals surface area contributed by atoms with Crippen molar-refractivity contribution in [1.82, 2.24) is 5.32 Å². The first-order chi connectivity index (χ1) is 5.85. The Kier molecular flexibility index (Phi) is 4.23. The number of hydrogen-bond acceptors (Lipinski definition) is 4. The summed E-state index contributed by atoms with van der Waals surface area (Å²) >= 11 is 0. The molecule has 0 spiro atoms. The van der Waals surface area contributed by atoms with Crippen LogP contribution >= 0.6 is 0 Å². The molecule has 0 radical (unpaired) electrons. The van der Waals surface area contributed by atoms with Crippen LogP contribution in [0.1, 0.15) is 27.7 Å². The molecule has 0 aromatic heterocycles. The van der Waals surface area contributed by atoms with Gasteiger partial charge in [0.1, 0.15) is 5.60 Å². The SMILES string of the molecule is C[C@@H](/C=N\O)NC(=O)OC(C)(C)C. The van der Waals surface area contributed by atoms with E-state index in [2.05, 4.69) is 10.5 Å². The number of ether oxygens (including phenoxy) is 1. The topological polar surface area (TPSA) is 70.9 Å². The summed E-state index contributed by atoms with van der Waals surface area (Å²) in [6.45, 7) is 7.00. The van der Waals surface area contributed by atoms with Crippen molar-refractivity contribution in [2.45, 2.75) is 39.3 Å². The molecule has 0 aromatic rings. The van der Waals surface area contributed by atoms with Crippen LogP contribution in [-0.4, -0.2) is 29.2 Å². The van der Waals surface area contributed by atoms with Gasteiger partial charge < -0.3 is 15.3 Å². The van der Waals surface area contributed by atoms with Gasteiger partial charge in [0.15, 0.2) is 0 Å². The molecule has 0 unspecified atom stereocenters. The second-order valence-corrected chi connectivity index (χ2v) is 3.70. The lowest BCUT2D eigenvalue weighted by molar-refractivity contribution is 0.0522. The highest BCUT2D eigenvalue weighted by molar-refractivity contribution is 5.74. The van der Waals surface area contributed by atoms with Crippen LogP contribution in [0.4, 0.5) is 4.79 Å². The Bertz CT molecular complexity index is 196. The van der Waals surface area contributed by atoms with E-state index in [1.807, 2.05) is 0 Å². The second-order valence-electron chi connectivity index (χ2n) is 3.70. The molecule has 0 aliphatic heterocycles. The third-order valence-corrected chi connectivity index (χ3v) is 1.03. The van der Waals surface area contributed by atoms with Crippen LogP contribution in [0.15, 0.2) is 5.16 Å². The molecular formula is C8H16N2O3. The number of amides is 1. The summed E-state index contributed by atoms with van der Waals surface area (Å²) in [4.78, 5) is 11.1. The second kappa shape index (κ2) is 4.69. The van der Waals surface area contributed by atoms with Crippen molar-refractivity contribution in [3.8, 4) is 0 Å². The Balaban J connectivity index is 3.88. The first-order valence-corrected chi connectivity index (χ1v) is 4.02. The number of oxime groups is 1. The van der Waals surface area contributed by atoms with E-state index in [9.17, 15) is 4.79 Å². The van der Waals surface area contributed by atoms with Crippen LogP contribution in [0.2, 0.25) is 0 Å². The molecule has 0 fully saturated rings. The number of carbonyl (C=O) groups is 1. The Morgan fingerprint density at radius 2 is 2.15 bits per heavy atom. The first kappa shape index (κ1) is 11.7. The van der Waals surface area contributed by atoms with Crippen LogP contribution in [0.25, 0.3) is 0 Å². The Hall–Kier alpha value is -1.26. The normalized spacial score (nSPS) is 14.2. The minimum absolute atomic E-state index is 0.347. The number of alkyl carbamates (subject to hydrolysis) is 1. The smallest absolute Gasteiger partial charge is 0.408 e. The molecule has 76 valence electrons. The van der Waals surface area contributed by atoms with Gasteiger partial charge in [-0.15, -0.1) is 0 Å².